The number of aliphatic carboxylic acids is 1. The molecule has 2 amide bonds. The number of carbonyl (C=O) groups excluding carboxylic acids is 2. The Balaban J connectivity index is 1.45. The number of hydrogen-bond acceptors (Lipinski definition) is 5. The number of carboxylic acids is 1. The molecule has 0 spiro atoms. The lowest BCUT2D eigenvalue weighted by atomic mass is 9.98. The number of alkyl halides is 3. The van der Waals surface area contributed by atoms with Gasteiger partial charge in [0.2, 0.25) is 6.04 Å². The number of thiophene rings is 1. The zero-order valence-corrected chi connectivity index (χ0v) is 18.7. The van der Waals surface area contributed by atoms with Gasteiger partial charge in [-0.15, -0.1) is 11.3 Å². The van der Waals surface area contributed by atoms with Crippen LogP contribution in [0.1, 0.15) is 28.0 Å². The van der Waals surface area contributed by atoms with Crippen molar-refractivity contribution >= 4 is 29.3 Å². The molecule has 1 aromatic heterocycles. The van der Waals surface area contributed by atoms with E-state index in [1.807, 2.05) is 53.8 Å². The van der Waals surface area contributed by atoms with Crippen LogP contribution in [-0.4, -0.2) is 41.9 Å². The van der Waals surface area contributed by atoms with E-state index in [1.54, 1.807) is 0 Å². The number of hydrogen-bond donors (Lipinski definition) is 3. The predicted octanol–water partition coefficient (Wildman–Crippen LogP) is 4.46. The number of amides is 2. The van der Waals surface area contributed by atoms with Crippen molar-refractivity contribution < 1.29 is 37.4 Å². The van der Waals surface area contributed by atoms with Crippen LogP contribution in [0.25, 0.3) is 11.1 Å². The fourth-order valence-corrected chi connectivity index (χ4v) is 4.76. The molecule has 0 fully saturated rings. The number of fused-ring (bicyclic) bond motifs is 3. The minimum Gasteiger partial charge on any atom is -0.479 e. The summed E-state index contributed by atoms with van der Waals surface area (Å²) >= 11 is 0.957. The van der Waals surface area contributed by atoms with Gasteiger partial charge in [0.05, 0.1) is 0 Å². The first-order chi connectivity index (χ1) is 16.7. The molecule has 4 rings (SSSR count). The summed E-state index contributed by atoms with van der Waals surface area (Å²) in [6.45, 7) is -0.251. The van der Waals surface area contributed by atoms with Gasteiger partial charge in [-0.3, -0.25) is 4.79 Å². The normalized spacial score (nSPS) is 14.4. The fourth-order valence-electron chi connectivity index (χ4n) is 3.99. The molecule has 7 nitrogen and oxygen atoms in total. The van der Waals surface area contributed by atoms with Crippen LogP contribution in [0.4, 0.5) is 18.0 Å². The van der Waals surface area contributed by atoms with E-state index in [0.717, 1.165) is 33.6 Å². The molecule has 0 saturated heterocycles. The Labute approximate surface area is 201 Å². The number of ether oxygens (including phenoxy) is 1. The maximum atomic E-state index is 13.6. The lowest BCUT2D eigenvalue weighted by Crippen LogP contribution is -2.56. The predicted molar refractivity (Wildman–Crippen MR) is 121 cm³/mol. The van der Waals surface area contributed by atoms with Crippen LogP contribution < -0.4 is 10.6 Å². The van der Waals surface area contributed by atoms with Crippen LogP contribution >= 0.6 is 11.3 Å². The standard InChI is InChI=1S/C24H19F3N2O5S/c25-24(26,27)20(21(30)28-19(22(31)32)18-10-5-11-35-18)29-23(33)34-12-17-15-8-3-1-6-13(15)14-7-2-4-9-16(14)17/h1-11,17,19-20H,12H2,(H,28,30)(H,29,33)(H,31,32). The molecule has 0 bridgehead atoms. The SMILES string of the molecule is O=C(NC(C(=O)NC(C(=O)O)c1cccs1)C(F)(F)F)OCC1c2ccccc2-c2ccccc21. The Morgan fingerprint density at radius 1 is 0.943 bits per heavy atom. The second-order valence-corrected chi connectivity index (χ2v) is 8.72. The Bertz CT molecular complexity index is 1200. The van der Waals surface area contributed by atoms with Crippen LogP contribution in [0.5, 0.6) is 0 Å². The summed E-state index contributed by atoms with van der Waals surface area (Å²) in [5, 5.41) is 14.2. The number of alkyl carbamates (subject to hydrolysis) is 1. The third kappa shape index (κ3) is 5.14. The van der Waals surface area contributed by atoms with Gasteiger partial charge in [0.25, 0.3) is 5.91 Å². The Kier molecular flexibility index (Phi) is 6.79. The summed E-state index contributed by atoms with van der Waals surface area (Å²) in [6.07, 6.45) is -6.64. The smallest absolute Gasteiger partial charge is 0.417 e. The molecule has 1 aliphatic rings. The van der Waals surface area contributed by atoms with Crippen LogP contribution in [0, 0.1) is 0 Å². The zero-order valence-electron chi connectivity index (χ0n) is 17.9. The van der Waals surface area contributed by atoms with Crippen LogP contribution in [0.15, 0.2) is 66.0 Å². The van der Waals surface area contributed by atoms with E-state index in [1.165, 1.54) is 22.8 Å². The number of carbonyl (C=O) groups is 3. The lowest BCUT2D eigenvalue weighted by Gasteiger charge is -2.23. The van der Waals surface area contributed by atoms with Crippen LogP contribution in [-0.2, 0) is 14.3 Å². The quantitative estimate of drug-likeness (QED) is 0.441. The zero-order chi connectivity index (χ0) is 25.2. The highest BCUT2D eigenvalue weighted by Gasteiger charge is 2.47. The highest BCUT2D eigenvalue weighted by atomic mass is 32.1. The van der Waals surface area contributed by atoms with Gasteiger partial charge in [0, 0.05) is 10.8 Å². The number of nitrogens with one attached hydrogen (secondary N) is 2. The molecule has 2 atom stereocenters. The average molecular weight is 504 g/mol. The topological polar surface area (TPSA) is 105 Å². The molecular formula is C24H19F3N2O5S. The summed E-state index contributed by atoms with van der Waals surface area (Å²) in [5.41, 5.74) is 3.62. The summed E-state index contributed by atoms with van der Waals surface area (Å²) in [5.74, 6) is -3.64. The Morgan fingerprint density at radius 3 is 2.06 bits per heavy atom. The van der Waals surface area contributed by atoms with Crippen molar-refractivity contribution in [2.24, 2.45) is 0 Å². The van der Waals surface area contributed by atoms with Crippen molar-refractivity contribution in [3.8, 4) is 11.1 Å². The Hall–Kier alpha value is -3.86. The minimum atomic E-state index is -5.19. The van der Waals surface area contributed by atoms with E-state index in [-0.39, 0.29) is 17.4 Å². The van der Waals surface area contributed by atoms with E-state index < -0.39 is 36.2 Å². The molecule has 3 N–H and O–H groups in total. The minimum absolute atomic E-state index is 0.132. The molecule has 2 unspecified atom stereocenters. The van der Waals surface area contributed by atoms with E-state index >= 15 is 0 Å². The fraction of sp³-hybridized carbons (Fsp3) is 0.208. The maximum Gasteiger partial charge on any atom is 0.417 e. The second kappa shape index (κ2) is 9.79. The molecule has 1 heterocycles. The van der Waals surface area contributed by atoms with Crippen molar-refractivity contribution in [3.63, 3.8) is 0 Å². The summed E-state index contributed by atoms with van der Waals surface area (Å²) < 4.78 is 45.8. The third-order valence-corrected chi connectivity index (χ3v) is 6.49. The van der Waals surface area contributed by atoms with E-state index in [0.29, 0.717) is 0 Å². The molecule has 11 heteroatoms. The number of halogens is 3. The second-order valence-electron chi connectivity index (χ2n) is 7.74. The van der Waals surface area contributed by atoms with Crippen LogP contribution in [0.2, 0.25) is 0 Å². The van der Waals surface area contributed by atoms with Crippen molar-refractivity contribution in [1.29, 1.82) is 0 Å². The first-order valence-electron chi connectivity index (χ1n) is 10.4. The molecular weight excluding hydrogens is 485 g/mol. The molecule has 0 aliphatic heterocycles. The van der Waals surface area contributed by atoms with Gasteiger partial charge < -0.3 is 20.5 Å². The van der Waals surface area contributed by atoms with Crippen LogP contribution in [0.3, 0.4) is 0 Å². The summed E-state index contributed by atoms with van der Waals surface area (Å²) in [7, 11) is 0. The molecule has 182 valence electrons. The van der Waals surface area contributed by atoms with E-state index in [2.05, 4.69) is 0 Å². The molecule has 2 aromatic carbocycles. The summed E-state index contributed by atoms with van der Waals surface area (Å²) in [4.78, 5) is 36.3. The van der Waals surface area contributed by atoms with Crippen molar-refractivity contribution in [2.75, 3.05) is 6.61 Å². The monoisotopic (exact) mass is 504 g/mol. The largest absolute Gasteiger partial charge is 0.479 e. The maximum absolute atomic E-state index is 13.6. The van der Waals surface area contributed by atoms with Gasteiger partial charge in [-0.1, -0.05) is 54.6 Å². The van der Waals surface area contributed by atoms with Crippen molar-refractivity contribution in [3.05, 3.63) is 82.0 Å². The van der Waals surface area contributed by atoms with E-state index in [9.17, 15) is 32.7 Å². The van der Waals surface area contributed by atoms with Crippen molar-refractivity contribution in [2.45, 2.75) is 24.2 Å². The number of rotatable bonds is 7. The molecule has 35 heavy (non-hydrogen) atoms. The summed E-state index contributed by atoms with van der Waals surface area (Å²) in [6, 6.07) is 13.0. The molecule has 0 saturated carbocycles. The first kappa shape index (κ1) is 24.3. The van der Waals surface area contributed by atoms with Gasteiger partial charge in [0.1, 0.15) is 6.61 Å². The highest BCUT2D eigenvalue weighted by molar-refractivity contribution is 7.10. The van der Waals surface area contributed by atoms with Gasteiger partial charge in [-0.2, -0.15) is 13.2 Å². The molecule has 0 radical (unpaired) electrons. The van der Waals surface area contributed by atoms with Gasteiger partial charge in [-0.05, 0) is 33.7 Å². The molecule has 1 aliphatic carbocycles. The van der Waals surface area contributed by atoms with E-state index in [4.69, 9.17) is 4.74 Å². The van der Waals surface area contributed by atoms with Gasteiger partial charge in [-0.25, -0.2) is 9.59 Å². The Morgan fingerprint density at radius 2 is 1.54 bits per heavy atom. The first-order valence-corrected chi connectivity index (χ1v) is 11.3. The van der Waals surface area contributed by atoms with Gasteiger partial charge in [0.15, 0.2) is 6.04 Å². The lowest BCUT2D eigenvalue weighted by molar-refractivity contribution is -0.169. The van der Waals surface area contributed by atoms with Crippen molar-refractivity contribution in [1.82, 2.24) is 10.6 Å². The average Bonchev–Trinajstić information content (AvgIpc) is 3.45. The molecule has 3 aromatic rings. The van der Waals surface area contributed by atoms with Gasteiger partial charge >= 0.3 is 18.2 Å². The highest BCUT2D eigenvalue weighted by Crippen LogP contribution is 2.44. The third-order valence-electron chi connectivity index (χ3n) is 5.56. The number of benzene rings is 2. The number of carboxylic acid groups (broad SMARTS) is 1.